The SMILES string of the molecule is CC(C)C1COCC2(CC1C(C)C)CC2C#N. The second kappa shape index (κ2) is 4.61. The van der Waals surface area contributed by atoms with Crippen LogP contribution in [-0.4, -0.2) is 13.2 Å². The molecule has 0 aromatic heterocycles. The molecule has 96 valence electrons. The number of nitriles is 1. The van der Waals surface area contributed by atoms with Gasteiger partial charge in [-0.25, -0.2) is 0 Å². The molecule has 4 unspecified atom stereocenters. The predicted octanol–water partition coefficient (Wildman–Crippen LogP) is 3.48. The third kappa shape index (κ3) is 2.36. The summed E-state index contributed by atoms with van der Waals surface area (Å²) >= 11 is 0. The molecule has 0 aromatic carbocycles. The van der Waals surface area contributed by atoms with Gasteiger partial charge in [0.15, 0.2) is 0 Å². The summed E-state index contributed by atoms with van der Waals surface area (Å²) in [6.45, 7) is 11.0. The standard InChI is InChI=1S/C15H25NO/c1-10(2)13-6-15(5-12(15)7-16)9-17-8-14(13)11(3)4/h10-14H,5-6,8-9H2,1-4H3. The fourth-order valence-corrected chi connectivity index (χ4v) is 3.53. The maximum absolute atomic E-state index is 9.11. The third-order valence-electron chi connectivity index (χ3n) is 4.95. The molecule has 1 aliphatic carbocycles. The largest absolute Gasteiger partial charge is 0.381 e. The van der Waals surface area contributed by atoms with Gasteiger partial charge in [0.05, 0.1) is 18.6 Å². The minimum atomic E-state index is 0.216. The van der Waals surface area contributed by atoms with E-state index in [-0.39, 0.29) is 11.3 Å². The van der Waals surface area contributed by atoms with Crippen LogP contribution < -0.4 is 0 Å². The van der Waals surface area contributed by atoms with Gasteiger partial charge in [-0.15, -0.1) is 0 Å². The lowest BCUT2D eigenvalue weighted by Gasteiger charge is -2.32. The van der Waals surface area contributed by atoms with E-state index in [1.54, 1.807) is 0 Å². The lowest BCUT2D eigenvalue weighted by atomic mass is 9.73. The summed E-state index contributed by atoms with van der Waals surface area (Å²) in [6.07, 6.45) is 2.27. The first-order valence-electron chi connectivity index (χ1n) is 6.97. The molecule has 1 heterocycles. The molecule has 0 aromatic rings. The predicted molar refractivity (Wildman–Crippen MR) is 68.2 cm³/mol. The van der Waals surface area contributed by atoms with E-state index in [9.17, 15) is 0 Å². The van der Waals surface area contributed by atoms with Crippen LogP contribution in [0.4, 0.5) is 0 Å². The van der Waals surface area contributed by atoms with Gasteiger partial charge in [0.25, 0.3) is 0 Å². The van der Waals surface area contributed by atoms with Crippen molar-refractivity contribution in [3.8, 4) is 6.07 Å². The van der Waals surface area contributed by atoms with E-state index in [1.807, 2.05) is 0 Å². The molecule has 0 N–H and O–H groups in total. The number of ether oxygens (including phenoxy) is 1. The van der Waals surface area contributed by atoms with Gasteiger partial charge in [-0.1, -0.05) is 27.7 Å². The fourth-order valence-electron chi connectivity index (χ4n) is 3.53. The molecule has 2 rings (SSSR count). The second-order valence-electron chi connectivity index (χ2n) is 6.78. The molecule has 17 heavy (non-hydrogen) atoms. The van der Waals surface area contributed by atoms with Crippen LogP contribution in [0.3, 0.4) is 0 Å². The van der Waals surface area contributed by atoms with Crippen molar-refractivity contribution in [2.24, 2.45) is 35.0 Å². The van der Waals surface area contributed by atoms with Gasteiger partial charge < -0.3 is 4.74 Å². The lowest BCUT2D eigenvalue weighted by Crippen LogP contribution is -2.28. The molecule has 2 fully saturated rings. The summed E-state index contributed by atoms with van der Waals surface area (Å²) in [5, 5.41) is 9.11. The minimum Gasteiger partial charge on any atom is -0.381 e. The fraction of sp³-hybridized carbons (Fsp3) is 0.933. The van der Waals surface area contributed by atoms with Gasteiger partial charge in [-0.05, 0) is 36.5 Å². The van der Waals surface area contributed by atoms with E-state index in [1.165, 1.54) is 6.42 Å². The van der Waals surface area contributed by atoms with Crippen molar-refractivity contribution in [1.29, 1.82) is 5.26 Å². The van der Waals surface area contributed by atoms with Crippen molar-refractivity contribution in [3.63, 3.8) is 0 Å². The molecule has 2 aliphatic rings. The zero-order valence-corrected chi connectivity index (χ0v) is 11.6. The maximum atomic E-state index is 9.11. The molecule has 1 spiro atoms. The topological polar surface area (TPSA) is 33.0 Å². The summed E-state index contributed by atoms with van der Waals surface area (Å²) in [5.74, 6) is 3.01. The monoisotopic (exact) mass is 235 g/mol. The van der Waals surface area contributed by atoms with E-state index >= 15 is 0 Å². The van der Waals surface area contributed by atoms with E-state index in [2.05, 4.69) is 33.8 Å². The normalized spacial score (nSPS) is 41.6. The Balaban J connectivity index is 2.14. The number of hydrogen-bond donors (Lipinski definition) is 0. The van der Waals surface area contributed by atoms with Crippen LogP contribution in [0.15, 0.2) is 0 Å². The summed E-state index contributed by atoms with van der Waals surface area (Å²) in [7, 11) is 0. The first-order chi connectivity index (χ1) is 8.00. The van der Waals surface area contributed by atoms with Crippen molar-refractivity contribution < 1.29 is 4.74 Å². The van der Waals surface area contributed by atoms with Gasteiger partial charge in [-0.3, -0.25) is 0 Å². The Morgan fingerprint density at radius 1 is 1.12 bits per heavy atom. The minimum absolute atomic E-state index is 0.216. The highest BCUT2D eigenvalue weighted by Gasteiger charge is 2.57. The maximum Gasteiger partial charge on any atom is 0.0662 e. The average molecular weight is 235 g/mol. The van der Waals surface area contributed by atoms with Gasteiger partial charge in [0, 0.05) is 12.0 Å². The smallest absolute Gasteiger partial charge is 0.0662 e. The third-order valence-corrected chi connectivity index (χ3v) is 4.95. The highest BCUT2D eigenvalue weighted by atomic mass is 16.5. The average Bonchev–Trinajstić information content (AvgIpc) is 2.99. The molecular formula is C15H25NO. The molecule has 2 nitrogen and oxygen atoms in total. The van der Waals surface area contributed by atoms with E-state index in [0.717, 1.165) is 25.6 Å². The van der Waals surface area contributed by atoms with Crippen LogP contribution in [0.5, 0.6) is 0 Å². The van der Waals surface area contributed by atoms with Gasteiger partial charge in [-0.2, -0.15) is 5.26 Å². The van der Waals surface area contributed by atoms with Crippen LogP contribution in [0.1, 0.15) is 40.5 Å². The molecule has 1 saturated heterocycles. The highest BCUT2D eigenvalue weighted by Crippen LogP contribution is 2.59. The summed E-state index contributed by atoms with van der Waals surface area (Å²) in [4.78, 5) is 0. The summed E-state index contributed by atoms with van der Waals surface area (Å²) < 4.78 is 5.91. The Kier molecular flexibility index (Phi) is 3.50. The van der Waals surface area contributed by atoms with Crippen molar-refractivity contribution in [3.05, 3.63) is 0 Å². The van der Waals surface area contributed by atoms with Crippen LogP contribution >= 0.6 is 0 Å². The molecule has 0 amide bonds. The number of rotatable bonds is 2. The zero-order chi connectivity index (χ0) is 12.6. The Morgan fingerprint density at radius 3 is 2.24 bits per heavy atom. The van der Waals surface area contributed by atoms with Gasteiger partial charge in [0.1, 0.15) is 0 Å². The Morgan fingerprint density at radius 2 is 1.76 bits per heavy atom. The molecule has 0 radical (unpaired) electrons. The van der Waals surface area contributed by atoms with Gasteiger partial charge in [0.2, 0.25) is 0 Å². The van der Waals surface area contributed by atoms with Crippen molar-refractivity contribution >= 4 is 0 Å². The van der Waals surface area contributed by atoms with E-state index in [4.69, 9.17) is 10.00 Å². The first kappa shape index (κ1) is 12.9. The molecule has 4 atom stereocenters. The van der Waals surface area contributed by atoms with Crippen LogP contribution in [0.2, 0.25) is 0 Å². The van der Waals surface area contributed by atoms with E-state index < -0.39 is 0 Å². The second-order valence-corrected chi connectivity index (χ2v) is 6.78. The number of hydrogen-bond acceptors (Lipinski definition) is 2. The Hall–Kier alpha value is -0.550. The molecular weight excluding hydrogens is 210 g/mol. The van der Waals surface area contributed by atoms with Crippen molar-refractivity contribution in [2.45, 2.75) is 40.5 Å². The quantitative estimate of drug-likeness (QED) is 0.734. The molecule has 2 heteroatoms. The van der Waals surface area contributed by atoms with E-state index in [0.29, 0.717) is 17.8 Å². The first-order valence-corrected chi connectivity index (χ1v) is 6.97. The molecule has 1 aliphatic heterocycles. The zero-order valence-electron chi connectivity index (χ0n) is 11.6. The van der Waals surface area contributed by atoms with Crippen LogP contribution in [0.25, 0.3) is 0 Å². The summed E-state index contributed by atoms with van der Waals surface area (Å²) in [6, 6.07) is 2.45. The summed E-state index contributed by atoms with van der Waals surface area (Å²) in [5.41, 5.74) is 0.216. The van der Waals surface area contributed by atoms with Crippen molar-refractivity contribution in [1.82, 2.24) is 0 Å². The highest BCUT2D eigenvalue weighted by molar-refractivity contribution is 5.14. The Labute approximate surface area is 105 Å². The lowest BCUT2D eigenvalue weighted by molar-refractivity contribution is 0.0637. The van der Waals surface area contributed by atoms with Crippen molar-refractivity contribution in [2.75, 3.05) is 13.2 Å². The molecule has 0 bridgehead atoms. The van der Waals surface area contributed by atoms with Gasteiger partial charge >= 0.3 is 0 Å². The van der Waals surface area contributed by atoms with Crippen LogP contribution in [-0.2, 0) is 4.74 Å². The van der Waals surface area contributed by atoms with Crippen LogP contribution in [0, 0.1) is 46.3 Å². The molecule has 1 saturated carbocycles. The number of nitrogens with zero attached hydrogens (tertiary/aromatic N) is 1. The Bertz CT molecular complexity index is 317.